The Labute approximate surface area is 164 Å². The summed E-state index contributed by atoms with van der Waals surface area (Å²) in [5.74, 6) is 1.30. The lowest BCUT2D eigenvalue weighted by molar-refractivity contribution is -0.132. The Morgan fingerprint density at radius 1 is 1.11 bits per heavy atom. The Morgan fingerprint density at radius 3 is 2.56 bits per heavy atom. The van der Waals surface area contributed by atoms with E-state index in [0.29, 0.717) is 31.7 Å². The number of nitrogens with one attached hydrogen (secondary N) is 1. The van der Waals surface area contributed by atoms with Gasteiger partial charge in [0.25, 0.3) is 0 Å². The zero-order valence-corrected chi connectivity index (χ0v) is 16.2. The van der Waals surface area contributed by atoms with E-state index in [2.05, 4.69) is 5.32 Å². The molecule has 3 rings (SSSR count). The number of ether oxygens (including phenoxy) is 1. The number of carbonyl (C=O) groups excluding carboxylic acids is 2. The van der Waals surface area contributed by atoms with E-state index in [9.17, 15) is 9.59 Å². The van der Waals surface area contributed by atoms with Gasteiger partial charge in [0.2, 0.25) is 11.8 Å². The summed E-state index contributed by atoms with van der Waals surface area (Å²) >= 11 is 1.51. The van der Waals surface area contributed by atoms with Crippen LogP contribution in [0.2, 0.25) is 0 Å². The third kappa shape index (κ3) is 5.50. The lowest BCUT2D eigenvalue weighted by atomic mass is 9.96. The van der Waals surface area contributed by atoms with Crippen LogP contribution >= 0.6 is 11.8 Å². The SMILES string of the molecule is COc1cccc(SCC(=O)N2CCC(C(=O)Nc3ccccc3)CC2)c1. The van der Waals surface area contributed by atoms with Gasteiger partial charge < -0.3 is 15.0 Å². The van der Waals surface area contributed by atoms with Gasteiger partial charge in [0.1, 0.15) is 5.75 Å². The minimum atomic E-state index is -0.0414. The summed E-state index contributed by atoms with van der Waals surface area (Å²) in [7, 11) is 1.63. The number of hydrogen-bond donors (Lipinski definition) is 1. The summed E-state index contributed by atoms with van der Waals surface area (Å²) < 4.78 is 5.21. The van der Waals surface area contributed by atoms with Crippen molar-refractivity contribution in [1.29, 1.82) is 0 Å². The van der Waals surface area contributed by atoms with Crippen LogP contribution in [0.1, 0.15) is 12.8 Å². The lowest BCUT2D eigenvalue weighted by Crippen LogP contribution is -2.42. The van der Waals surface area contributed by atoms with Crippen molar-refractivity contribution in [2.24, 2.45) is 5.92 Å². The second kappa shape index (κ2) is 9.46. The summed E-state index contributed by atoms with van der Waals surface area (Å²) in [6.07, 6.45) is 1.41. The van der Waals surface area contributed by atoms with Crippen LogP contribution in [0.15, 0.2) is 59.5 Å². The predicted octanol–water partition coefficient (Wildman–Crippen LogP) is 3.66. The monoisotopic (exact) mass is 384 g/mol. The van der Waals surface area contributed by atoms with Gasteiger partial charge in [-0.3, -0.25) is 9.59 Å². The van der Waals surface area contributed by atoms with Crippen molar-refractivity contribution in [2.45, 2.75) is 17.7 Å². The highest BCUT2D eigenvalue weighted by atomic mass is 32.2. The van der Waals surface area contributed by atoms with E-state index in [1.165, 1.54) is 11.8 Å². The third-order valence-corrected chi connectivity index (χ3v) is 5.64. The van der Waals surface area contributed by atoms with Gasteiger partial charge in [-0.15, -0.1) is 11.8 Å². The highest BCUT2D eigenvalue weighted by molar-refractivity contribution is 8.00. The molecule has 1 fully saturated rings. The fraction of sp³-hybridized carbons (Fsp3) is 0.333. The highest BCUT2D eigenvalue weighted by Crippen LogP contribution is 2.24. The number of carbonyl (C=O) groups is 2. The molecule has 1 saturated heterocycles. The van der Waals surface area contributed by atoms with Crippen LogP contribution in [0.3, 0.4) is 0 Å². The van der Waals surface area contributed by atoms with Gasteiger partial charge in [0.15, 0.2) is 0 Å². The van der Waals surface area contributed by atoms with E-state index >= 15 is 0 Å². The topological polar surface area (TPSA) is 58.6 Å². The molecule has 2 aromatic carbocycles. The highest BCUT2D eigenvalue weighted by Gasteiger charge is 2.27. The van der Waals surface area contributed by atoms with Gasteiger partial charge in [-0.1, -0.05) is 24.3 Å². The van der Waals surface area contributed by atoms with Gasteiger partial charge in [0.05, 0.1) is 12.9 Å². The molecule has 0 spiro atoms. The van der Waals surface area contributed by atoms with Gasteiger partial charge in [-0.25, -0.2) is 0 Å². The van der Waals surface area contributed by atoms with Gasteiger partial charge in [0, 0.05) is 29.6 Å². The quantitative estimate of drug-likeness (QED) is 0.772. The van der Waals surface area contributed by atoms with Crippen molar-refractivity contribution < 1.29 is 14.3 Å². The van der Waals surface area contributed by atoms with Crippen molar-refractivity contribution in [3.63, 3.8) is 0 Å². The third-order valence-electron chi connectivity index (χ3n) is 4.66. The first-order chi connectivity index (χ1) is 13.2. The van der Waals surface area contributed by atoms with Crippen molar-refractivity contribution in [3.05, 3.63) is 54.6 Å². The number of amides is 2. The molecule has 2 amide bonds. The number of anilines is 1. The first-order valence-electron chi connectivity index (χ1n) is 9.06. The maximum Gasteiger partial charge on any atom is 0.232 e. The Kier molecular flexibility index (Phi) is 6.76. The van der Waals surface area contributed by atoms with E-state index in [0.717, 1.165) is 16.3 Å². The number of rotatable bonds is 6. The van der Waals surface area contributed by atoms with Crippen molar-refractivity contribution in [2.75, 3.05) is 31.3 Å². The fourth-order valence-corrected chi connectivity index (χ4v) is 3.93. The number of para-hydroxylation sites is 1. The Morgan fingerprint density at radius 2 is 1.85 bits per heavy atom. The molecule has 1 heterocycles. The summed E-state index contributed by atoms with van der Waals surface area (Å²) in [4.78, 5) is 27.7. The number of benzene rings is 2. The summed E-state index contributed by atoms with van der Waals surface area (Å²) in [6.45, 7) is 1.26. The summed E-state index contributed by atoms with van der Waals surface area (Å²) in [5, 5.41) is 2.95. The zero-order valence-electron chi connectivity index (χ0n) is 15.4. The number of hydrogen-bond acceptors (Lipinski definition) is 4. The van der Waals surface area contributed by atoms with Gasteiger partial charge in [-0.05, 0) is 43.2 Å². The molecule has 0 bridgehead atoms. The van der Waals surface area contributed by atoms with E-state index in [4.69, 9.17) is 4.74 Å². The molecule has 0 atom stereocenters. The van der Waals surface area contributed by atoms with Crippen LogP contribution in [0.4, 0.5) is 5.69 Å². The maximum absolute atomic E-state index is 12.5. The maximum atomic E-state index is 12.5. The summed E-state index contributed by atoms with van der Waals surface area (Å²) in [6, 6.07) is 17.2. The fourth-order valence-electron chi connectivity index (χ4n) is 3.08. The Hall–Kier alpha value is -2.47. The molecular weight excluding hydrogens is 360 g/mol. The molecular formula is C21H24N2O3S. The minimum Gasteiger partial charge on any atom is -0.497 e. The van der Waals surface area contributed by atoms with Crippen LogP contribution in [-0.4, -0.2) is 42.7 Å². The molecule has 1 N–H and O–H groups in total. The van der Waals surface area contributed by atoms with Crippen LogP contribution in [0.5, 0.6) is 5.75 Å². The van der Waals surface area contributed by atoms with Crippen LogP contribution in [-0.2, 0) is 9.59 Å². The Bertz CT molecular complexity index is 774. The van der Waals surface area contributed by atoms with Gasteiger partial charge >= 0.3 is 0 Å². The second-order valence-corrected chi connectivity index (χ2v) is 7.53. The van der Waals surface area contributed by atoms with Crippen molar-refractivity contribution >= 4 is 29.3 Å². The first-order valence-corrected chi connectivity index (χ1v) is 10.0. The van der Waals surface area contributed by atoms with E-state index in [-0.39, 0.29) is 17.7 Å². The largest absolute Gasteiger partial charge is 0.497 e. The normalized spacial score (nSPS) is 14.6. The molecule has 0 radical (unpaired) electrons. The van der Waals surface area contributed by atoms with Crippen molar-refractivity contribution in [3.8, 4) is 5.75 Å². The average Bonchev–Trinajstić information content (AvgIpc) is 2.73. The number of methoxy groups -OCH3 is 1. The van der Waals surface area contributed by atoms with E-state index < -0.39 is 0 Å². The van der Waals surface area contributed by atoms with Gasteiger partial charge in [-0.2, -0.15) is 0 Å². The lowest BCUT2D eigenvalue weighted by Gasteiger charge is -2.31. The van der Waals surface area contributed by atoms with Crippen LogP contribution in [0, 0.1) is 5.92 Å². The Balaban J connectivity index is 1.44. The smallest absolute Gasteiger partial charge is 0.232 e. The molecule has 0 aromatic heterocycles. The molecule has 0 unspecified atom stereocenters. The molecule has 6 heteroatoms. The van der Waals surface area contributed by atoms with E-state index in [1.54, 1.807) is 7.11 Å². The molecule has 0 saturated carbocycles. The average molecular weight is 385 g/mol. The molecule has 1 aliphatic heterocycles. The minimum absolute atomic E-state index is 0.0408. The molecule has 27 heavy (non-hydrogen) atoms. The second-order valence-electron chi connectivity index (χ2n) is 6.48. The predicted molar refractivity (Wildman–Crippen MR) is 108 cm³/mol. The number of nitrogens with zero attached hydrogens (tertiary/aromatic N) is 1. The van der Waals surface area contributed by atoms with Crippen molar-refractivity contribution in [1.82, 2.24) is 4.90 Å². The molecule has 1 aliphatic rings. The van der Waals surface area contributed by atoms with E-state index in [1.807, 2.05) is 59.5 Å². The van der Waals surface area contributed by atoms with Crippen LogP contribution in [0.25, 0.3) is 0 Å². The number of piperidine rings is 1. The van der Waals surface area contributed by atoms with Crippen LogP contribution < -0.4 is 10.1 Å². The summed E-state index contributed by atoms with van der Waals surface area (Å²) in [5.41, 5.74) is 0.815. The molecule has 2 aromatic rings. The first kappa shape index (κ1) is 19.3. The zero-order chi connectivity index (χ0) is 19.1. The standard InChI is InChI=1S/C21H24N2O3S/c1-26-18-8-5-9-19(14-18)27-15-20(24)23-12-10-16(11-13-23)21(25)22-17-6-3-2-4-7-17/h2-9,14,16H,10-13,15H2,1H3,(H,22,25). The molecule has 0 aliphatic carbocycles. The molecule has 5 nitrogen and oxygen atoms in total. The number of thioether (sulfide) groups is 1. The molecule has 142 valence electrons. The number of likely N-dealkylation sites (tertiary alicyclic amines) is 1.